The SMILES string of the molecule is CCn1c(COc2ccc(Cl)c(C)c2)nnc1SCC(=O)Nc1c(C)cc(C)cc1C. The first kappa shape index (κ1) is 23.2. The van der Waals surface area contributed by atoms with Crippen molar-refractivity contribution >= 4 is 35.0 Å². The van der Waals surface area contributed by atoms with E-state index in [1.165, 1.54) is 17.3 Å². The zero-order valence-electron chi connectivity index (χ0n) is 18.5. The van der Waals surface area contributed by atoms with Crippen molar-refractivity contribution in [1.82, 2.24) is 14.8 Å². The predicted molar refractivity (Wildman–Crippen MR) is 126 cm³/mol. The van der Waals surface area contributed by atoms with Gasteiger partial charge < -0.3 is 14.6 Å². The van der Waals surface area contributed by atoms with Crippen LogP contribution >= 0.6 is 23.4 Å². The van der Waals surface area contributed by atoms with E-state index in [1.54, 1.807) is 0 Å². The molecule has 0 fully saturated rings. The molecule has 0 aliphatic heterocycles. The number of carbonyl (C=O) groups is 1. The summed E-state index contributed by atoms with van der Waals surface area (Å²) in [6, 6.07) is 9.67. The highest BCUT2D eigenvalue weighted by atomic mass is 35.5. The fraction of sp³-hybridized carbons (Fsp3) is 0.348. The molecule has 3 aromatic rings. The van der Waals surface area contributed by atoms with Crippen LogP contribution in [0.3, 0.4) is 0 Å². The Hall–Kier alpha value is -2.51. The topological polar surface area (TPSA) is 69.0 Å². The number of anilines is 1. The number of benzene rings is 2. The van der Waals surface area contributed by atoms with Crippen LogP contribution in [0.1, 0.15) is 35.0 Å². The molecular formula is C23H27ClN4O2S. The van der Waals surface area contributed by atoms with Crippen molar-refractivity contribution in [1.29, 1.82) is 0 Å². The zero-order valence-corrected chi connectivity index (χ0v) is 20.0. The number of carbonyl (C=O) groups excluding carboxylic acids is 1. The smallest absolute Gasteiger partial charge is 0.234 e. The summed E-state index contributed by atoms with van der Waals surface area (Å²) < 4.78 is 7.82. The van der Waals surface area contributed by atoms with Gasteiger partial charge >= 0.3 is 0 Å². The van der Waals surface area contributed by atoms with Gasteiger partial charge in [0, 0.05) is 17.3 Å². The summed E-state index contributed by atoms with van der Waals surface area (Å²) in [6.45, 7) is 11.0. The van der Waals surface area contributed by atoms with E-state index >= 15 is 0 Å². The second kappa shape index (κ2) is 10.2. The van der Waals surface area contributed by atoms with Gasteiger partial charge in [-0.05, 0) is 69.5 Å². The number of aromatic nitrogens is 3. The quantitative estimate of drug-likeness (QED) is 0.451. The van der Waals surface area contributed by atoms with E-state index < -0.39 is 0 Å². The third-order valence-electron chi connectivity index (χ3n) is 4.88. The van der Waals surface area contributed by atoms with Crippen molar-refractivity contribution in [2.45, 2.75) is 52.9 Å². The molecule has 6 nitrogen and oxygen atoms in total. The van der Waals surface area contributed by atoms with E-state index in [2.05, 4.69) is 34.6 Å². The molecule has 1 heterocycles. The van der Waals surface area contributed by atoms with Gasteiger partial charge in [-0.3, -0.25) is 4.79 Å². The maximum Gasteiger partial charge on any atom is 0.234 e. The van der Waals surface area contributed by atoms with Crippen molar-refractivity contribution in [3.63, 3.8) is 0 Å². The molecule has 0 saturated carbocycles. The second-order valence-electron chi connectivity index (χ2n) is 7.45. The molecule has 31 heavy (non-hydrogen) atoms. The molecule has 1 N–H and O–H groups in total. The lowest BCUT2D eigenvalue weighted by molar-refractivity contribution is -0.113. The third kappa shape index (κ3) is 5.80. The minimum Gasteiger partial charge on any atom is -0.486 e. The van der Waals surface area contributed by atoms with Crippen LogP contribution < -0.4 is 10.1 Å². The van der Waals surface area contributed by atoms with Crippen LogP contribution in [0.2, 0.25) is 5.02 Å². The van der Waals surface area contributed by atoms with Gasteiger partial charge in [-0.2, -0.15) is 0 Å². The third-order valence-corrected chi connectivity index (χ3v) is 6.27. The summed E-state index contributed by atoms with van der Waals surface area (Å²) in [6.07, 6.45) is 0. The average molecular weight is 459 g/mol. The molecule has 0 atom stereocenters. The lowest BCUT2D eigenvalue weighted by atomic mass is 10.1. The van der Waals surface area contributed by atoms with E-state index in [0.717, 1.165) is 28.1 Å². The largest absolute Gasteiger partial charge is 0.486 e. The van der Waals surface area contributed by atoms with Gasteiger partial charge in [-0.15, -0.1) is 10.2 Å². The summed E-state index contributed by atoms with van der Waals surface area (Å²) >= 11 is 7.43. The Kier molecular flexibility index (Phi) is 7.62. The maximum atomic E-state index is 12.5. The van der Waals surface area contributed by atoms with Gasteiger partial charge in [-0.1, -0.05) is 41.1 Å². The first-order valence-corrected chi connectivity index (χ1v) is 11.5. The Labute approximate surface area is 192 Å². The Morgan fingerprint density at radius 2 is 1.81 bits per heavy atom. The van der Waals surface area contributed by atoms with Crippen LogP contribution in [0.15, 0.2) is 35.5 Å². The standard InChI is InChI=1S/C23H27ClN4O2S/c1-6-28-20(12-30-18-7-8-19(24)15(3)11-18)26-27-23(28)31-13-21(29)25-22-16(4)9-14(2)10-17(22)5/h7-11H,6,12-13H2,1-5H3,(H,25,29). The molecule has 3 rings (SSSR count). The molecule has 2 aromatic carbocycles. The van der Waals surface area contributed by atoms with Gasteiger partial charge in [0.1, 0.15) is 12.4 Å². The zero-order chi connectivity index (χ0) is 22.5. The van der Waals surface area contributed by atoms with Gasteiger partial charge in [0.05, 0.1) is 5.75 Å². The Balaban J connectivity index is 1.61. The normalized spacial score (nSPS) is 10.9. The highest BCUT2D eigenvalue weighted by Gasteiger charge is 2.15. The van der Waals surface area contributed by atoms with Crippen molar-refractivity contribution in [2.24, 2.45) is 0 Å². The minimum atomic E-state index is -0.0693. The van der Waals surface area contributed by atoms with Gasteiger partial charge in [0.2, 0.25) is 5.91 Å². The number of aryl methyl sites for hydroxylation is 4. The van der Waals surface area contributed by atoms with E-state index in [9.17, 15) is 4.79 Å². The molecule has 164 valence electrons. The Morgan fingerprint density at radius 3 is 2.45 bits per heavy atom. The lowest BCUT2D eigenvalue weighted by Crippen LogP contribution is -2.16. The monoisotopic (exact) mass is 458 g/mol. The lowest BCUT2D eigenvalue weighted by Gasteiger charge is -2.13. The summed E-state index contributed by atoms with van der Waals surface area (Å²) in [7, 11) is 0. The molecule has 0 bridgehead atoms. The number of nitrogens with zero attached hydrogens (tertiary/aromatic N) is 3. The molecular weight excluding hydrogens is 432 g/mol. The number of hydrogen-bond acceptors (Lipinski definition) is 5. The number of ether oxygens (including phenoxy) is 1. The number of thioether (sulfide) groups is 1. The van der Waals surface area contributed by atoms with Crippen LogP contribution in [0.25, 0.3) is 0 Å². The molecule has 0 saturated heterocycles. The molecule has 0 spiro atoms. The van der Waals surface area contributed by atoms with Crippen molar-refractivity contribution < 1.29 is 9.53 Å². The molecule has 1 aromatic heterocycles. The molecule has 1 amide bonds. The van der Waals surface area contributed by atoms with E-state index in [-0.39, 0.29) is 18.3 Å². The summed E-state index contributed by atoms with van der Waals surface area (Å²) in [5.74, 6) is 1.62. The van der Waals surface area contributed by atoms with Crippen LogP contribution in [0.4, 0.5) is 5.69 Å². The summed E-state index contributed by atoms with van der Waals surface area (Å²) in [4.78, 5) is 12.5. The number of nitrogens with one attached hydrogen (secondary N) is 1. The second-order valence-corrected chi connectivity index (χ2v) is 8.80. The van der Waals surface area contributed by atoms with E-state index in [1.807, 2.05) is 50.5 Å². The minimum absolute atomic E-state index is 0.0693. The van der Waals surface area contributed by atoms with Crippen LogP contribution in [-0.4, -0.2) is 26.4 Å². The summed E-state index contributed by atoms with van der Waals surface area (Å²) in [5.41, 5.74) is 5.13. The van der Waals surface area contributed by atoms with Crippen molar-refractivity contribution in [2.75, 3.05) is 11.1 Å². The first-order chi connectivity index (χ1) is 14.8. The highest BCUT2D eigenvalue weighted by molar-refractivity contribution is 7.99. The highest BCUT2D eigenvalue weighted by Crippen LogP contribution is 2.24. The molecule has 0 aliphatic carbocycles. The van der Waals surface area contributed by atoms with Crippen LogP contribution in [0, 0.1) is 27.7 Å². The number of hydrogen-bond donors (Lipinski definition) is 1. The van der Waals surface area contributed by atoms with Crippen molar-refractivity contribution in [3.05, 3.63) is 63.4 Å². The summed E-state index contributed by atoms with van der Waals surface area (Å²) in [5, 5.41) is 12.9. The molecule has 8 heteroatoms. The predicted octanol–water partition coefficient (Wildman–Crippen LogP) is 5.49. The molecule has 0 aliphatic rings. The Morgan fingerprint density at radius 1 is 1.10 bits per heavy atom. The van der Waals surface area contributed by atoms with Gasteiger partial charge in [0.25, 0.3) is 0 Å². The first-order valence-electron chi connectivity index (χ1n) is 10.1. The Bertz CT molecular complexity index is 1070. The average Bonchev–Trinajstić information content (AvgIpc) is 3.11. The van der Waals surface area contributed by atoms with Crippen LogP contribution in [0.5, 0.6) is 5.75 Å². The fourth-order valence-electron chi connectivity index (χ4n) is 3.39. The van der Waals surface area contributed by atoms with Gasteiger partial charge in [-0.25, -0.2) is 0 Å². The fourth-order valence-corrected chi connectivity index (χ4v) is 4.33. The maximum absolute atomic E-state index is 12.5. The number of amides is 1. The van der Waals surface area contributed by atoms with Gasteiger partial charge in [0.15, 0.2) is 11.0 Å². The van der Waals surface area contributed by atoms with Crippen LogP contribution in [-0.2, 0) is 17.9 Å². The molecule has 0 radical (unpaired) electrons. The number of halogens is 1. The van der Waals surface area contributed by atoms with E-state index in [4.69, 9.17) is 16.3 Å². The molecule has 0 unspecified atom stereocenters. The van der Waals surface area contributed by atoms with Crippen molar-refractivity contribution in [3.8, 4) is 5.75 Å². The number of rotatable bonds is 8. The van der Waals surface area contributed by atoms with E-state index in [0.29, 0.717) is 22.5 Å².